The van der Waals surface area contributed by atoms with Crippen LogP contribution < -0.4 is 0 Å². The van der Waals surface area contributed by atoms with E-state index in [1.54, 1.807) is 18.5 Å². The van der Waals surface area contributed by atoms with Crippen molar-refractivity contribution in [3.63, 3.8) is 0 Å². The molecule has 3 aromatic rings. The Morgan fingerprint density at radius 3 is 2.57 bits per heavy atom. The number of nitrogens with zero attached hydrogens (tertiary/aromatic N) is 3. The molecule has 1 fully saturated rings. The van der Waals surface area contributed by atoms with Crippen LogP contribution in [0.3, 0.4) is 0 Å². The maximum Gasteiger partial charge on any atom is 0.255 e. The molecule has 0 N–H and O–H groups in total. The van der Waals surface area contributed by atoms with Crippen LogP contribution in [-0.4, -0.2) is 52.2 Å². The average molecular weight is 420 g/mol. The summed E-state index contributed by atoms with van der Waals surface area (Å²) in [6.45, 7) is 4.15. The van der Waals surface area contributed by atoms with Crippen molar-refractivity contribution >= 4 is 17.5 Å². The molecule has 1 saturated heterocycles. The first kappa shape index (κ1) is 20.6. The molecule has 154 valence electrons. The highest BCUT2D eigenvalue weighted by Gasteiger charge is 2.35. The highest BCUT2D eigenvalue weighted by atomic mass is 35.5. The molecule has 2 unspecified atom stereocenters. The minimum Gasteiger partial charge on any atom is -0.336 e. The van der Waals surface area contributed by atoms with Crippen molar-refractivity contribution < 1.29 is 4.79 Å². The molecule has 30 heavy (non-hydrogen) atoms. The Kier molecular flexibility index (Phi) is 6.46. The number of alkyl halides is 1. The van der Waals surface area contributed by atoms with Gasteiger partial charge in [-0.15, -0.1) is 11.6 Å². The second-order valence-electron chi connectivity index (χ2n) is 7.77. The molecule has 1 aliphatic heterocycles. The molecular weight excluding hydrogens is 394 g/mol. The Balaban J connectivity index is 1.63. The fourth-order valence-corrected chi connectivity index (χ4v) is 4.53. The van der Waals surface area contributed by atoms with E-state index in [1.807, 2.05) is 17.0 Å². The predicted octanol–water partition coefficient (Wildman–Crippen LogP) is 4.54. The predicted molar refractivity (Wildman–Crippen MR) is 121 cm³/mol. The number of hydrogen-bond donors (Lipinski definition) is 0. The largest absolute Gasteiger partial charge is 0.336 e. The van der Waals surface area contributed by atoms with E-state index in [4.69, 9.17) is 11.6 Å². The van der Waals surface area contributed by atoms with Crippen molar-refractivity contribution in [1.29, 1.82) is 0 Å². The lowest BCUT2D eigenvalue weighted by Gasteiger charge is -2.45. The van der Waals surface area contributed by atoms with E-state index < -0.39 is 0 Å². The van der Waals surface area contributed by atoms with E-state index in [0.717, 1.165) is 6.54 Å². The highest BCUT2D eigenvalue weighted by molar-refractivity contribution is 6.18. The van der Waals surface area contributed by atoms with E-state index in [-0.39, 0.29) is 18.0 Å². The number of hydrogen-bond acceptors (Lipinski definition) is 3. The first-order chi connectivity index (χ1) is 14.7. The van der Waals surface area contributed by atoms with E-state index in [0.29, 0.717) is 24.5 Å². The molecule has 4 nitrogen and oxygen atoms in total. The lowest BCUT2D eigenvalue weighted by molar-refractivity contribution is 0.0436. The number of rotatable bonds is 5. The third-order valence-electron chi connectivity index (χ3n) is 5.71. The van der Waals surface area contributed by atoms with Crippen LogP contribution in [0.25, 0.3) is 0 Å². The fraction of sp³-hybridized carbons (Fsp3) is 0.280. The van der Waals surface area contributed by atoms with Gasteiger partial charge in [-0.1, -0.05) is 60.2 Å². The summed E-state index contributed by atoms with van der Waals surface area (Å²) in [5.41, 5.74) is 4.35. The quantitative estimate of drug-likeness (QED) is 0.569. The average Bonchev–Trinajstić information content (AvgIpc) is 2.80. The van der Waals surface area contributed by atoms with Gasteiger partial charge in [0.1, 0.15) is 0 Å². The summed E-state index contributed by atoms with van der Waals surface area (Å²) in [6.07, 6.45) is 3.31. The molecule has 1 aliphatic rings. The lowest BCUT2D eigenvalue weighted by Crippen LogP contribution is -2.56. The van der Waals surface area contributed by atoms with E-state index in [1.165, 1.54) is 16.7 Å². The van der Waals surface area contributed by atoms with Crippen molar-refractivity contribution in [3.8, 4) is 0 Å². The summed E-state index contributed by atoms with van der Waals surface area (Å²) < 4.78 is 0. The number of piperazine rings is 1. The fourth-order valence-electron chi connectivity index (χ4n) is 4.25. The zero-order valence-electron chi connectivity index (χ0n) is 17.1. The summed E-state index contributed by atoms with van der Waals surface area (Å²) >= 11 is 6.45. The van der Waals surface area contributed by atoms with Crippen LogP contribution in [0, 0.1) is 6.92 Å². The maximum atomic E-state index is 12.9. The number of halogens is 1. The van der Waals surface area contributed by atoms with Crippen molar-refractivity contribution in [2.75, 3.05) is 25.5 Å². The molecule has 0 aliphatic carbocycles. The van der Waals surface area contributed by atoms with Crippen molar-refractivity contribution in [2.45, 2.75) is 19.0 Å². The molecule has 5 heteroatoms. The zero-order valence-corrected chi connectivity index (χ0v) is 17.9. The van der Waals surface area contributed by atoms with Crippen molar-refractivity contribution in [2.24, 2.45) is 0 Å². The van der Waals surface area contributed by atoms with Gasteiger partial charge >= 0.3 is 0 Å². The van der Waals surface area contributed by atoms with Gasteiger partial charge in [-0.2, -0.15) is 0 Å². The van der Waals surface area contributed by atoms with Crippen LogP contribution in [0.2, 0.25) is 0 Å². The summed E-state index contributed by atoms with van der Waals surface area (Å²) in [5, 5.41) is 0. The number of carbonyl (C=O) groups excluding carboxylic acids is 1. The van der Waals surface area contributed by atoms with Gasteiger partial charge in [-0.3, -0.25) is 14.7 Å². The van der Waals surface area contributed by atoms with Crippen LogP contribution in [-0.2, 0) is 0 Å². The van der Waals surface area contributed by atoms with Crippen LogP contribution >= 0.6 is 11.6 Å². The number of pyridine rings is 1. The molecule has 0 saturated carbocycles. The Morgan fingerprint density at radius 2 is 1.87 bits per heavy atom. The van der Waals surface area contributed by atoms with Crippen LogP contribution in [0.1, 0.15) is 33.1 Å². The number of carbonyl (C=O) groups is 1. The standard InChI is InChI=1S/C25H26ClN3O/c1-19-7-5-10-21(15-19)24(20-8-3-2-4-9-20)29-14-13-28(18-23(29)16-26)25(30)22-11-6-12-27-17-22/h2-12,15,17,23-24H,13-14,16,18H2,1H3. The molecular formula is C25H26ClN3O. The lowest BCUT2D eigenvalue weighted by atomic mass is 9.93. The number of aromatic nitrogens is 1. The van der Waals surface area contributed by atoms with E-state index in [2.05, 4.69) is 65.3 Å². The van der Waals surface area contributed by atoms with Crippen LogP contribution in [0.15, 0.2) is 79.1 Å². The third kappa shape index (κ3) is 4.40. The minimum absolute atomic E-state index is 0.0182. The number of amides is 1. The number of benzene rings is 2. The first-order valence-corrected chi connectivity index (χ1v) is 10.8. The summed E-state index contributed by atoms with van der Waals surface area (Å²) in [5.74, 6) is 0.482. The van der Waals surface area contributed by atoms with Crippen LogP contribution in [0.4, 0.5) is 0 Å². The summed E-state index contributed by atoms with van der Waals surface area (Å²) in [6, 6.07) is 23.0. The van der Waals surface area contributed by atoms with E-state index >= 15 is 0 Å². The van der Waals surface area contributed by atoms with Crippen molar-refractivity contribution in [3.05, 3.63) is 101 Å². The molecule has 2 heterocycles. The zero-order chi connectivity index (χ0) is 20.9. The minimum atomic E-state index is 0.0182. The normalized spacial score (nSPS) is 18.2. The molecule has 1 aromatic heterocycles. The first-order valence-electron chi connectivity index (χ1n) is 10.3. The van der Waals surface area contributed by atoms with Gasteiger partial charge in [-0.25, -0.2) is 0 Å². The van der Waals surface area contributed by atoms with Gasteiger partial charge in [0, 0.05) is 43.9 Å². The number of aryl methyl sites for hydroxylation is 1. The molecule has 2 atom stereocenters. The molecule has 0 bridgehead atoms. The SMILES string of the molecule is Cc1cccc(C(c2ccccc2)N2CCN(C(=O)c3cccnc3)CC2CCl)c1. The van der Waals surface area contributed by atoms with Gasteiger partial charge < -0.3 is 4.90 Å². The Morgan fingerprint density at radius 1 is 1.07 bits per heavy atom. The van der Waals surface area contributed by atoms with Gasteiger partial charge in [0.25, 0.3) is 5.91 Å². The molecule has 0 radical (unpaired) electrons. The van der Waals surface area contributed by atoms with Gasteiger partial charge in [0.2, 0.25) is 0 Å². The third-order valence-corrected chi connectivity index (χ3v) is 6.06. The summed E-state index contributed by atoms with van der Waals surface area (Å²) in [7, 11) is 0. The van der Waals surface area contributed by atoms with E-state index in [9.17, 15) is 4.79 Å². The second-order valence-corrected chi connectivity index (χ2v) is 8.07. The summed E-state index contributed by atoms with van der Waals surface area (Å²) in [4.78, 5) is 21.4. The molecule has 4 rings (SSSR count). The highest BCUT2D eigenvalue weighted by Crippen LogP contribution is 2.33. The van der Waals surface area contributed by atoms with Gasteiger partial charge in [0.15, 0.2) is 0 Å². The maximum absolute atomic E-state index is 12.9. The van der Waals surface area contributed by atoms with Crippen LogP contribution in [0.5, 0.6) is 0 Å². The molecule has 0 spiro atoms. The monoisotopic (exact) mass is 419 g/mol. The Bertz CT molecular complexity index is 980. The van der Waals surface area contributed by atoms with Crippen molar-refractivity contribution in [1.82, 2.24) is 14.8 Å². The van der Waals surface area contributed by atoms with Gasteiger partial charge in [-0.05, 0) is 30.2 Å². The Labute approximate surface area is 183 Å². The molecule has 1 amide bonds. The smallest absolute Gasteiger partial charge is 0.255 e. The second kappa shape index (κ2) is 9.41. The Hall–Kier alpha value is -2.69. The topological polar surface area (TPSA) is 36.4 Å². The molecule has 2 aromatic carbocycles. The van der Waals surface area contributed by atoms with Gasteiger partial charge in [0.05, 0.1) is 11.6 Å².